The van der Waals surface area contributed by atoms with Crippen LogP contribution >= 0.6 is 11.6 Å². The molecule has 3 unspecified atom stereocenters. The molecule has 116 valence electrons. The summed E-state index contributed by atoms with van der Waals surface area (Å²) in [6.07, 6.45) is 6.66. The number of likely N-dealkylation sites (tertiary alicyclic amines) is 1. The molecule has 1 heterocycles. The summed E-state index contributed by atoms with van der Waals surface area (Å²) in [6.45, 7) is 1.71. The third-order valence-electron chi connectivity index (χ3n) is 5.23. The molecule has 0 radical (unpaired) electrons. The van der Waals surface area contributed by atoms with Crippen LogP contribution in [0.25, 0.3) is 0 Å². The van der Waals surface area contributed by atoms with Crippen LogP contribution in [-0.4, -0.2) is 31.1 Å². The quantitative estimate of drug-likeness (QED) is 0.923. The van der Waals surface area contributed by atoms with E-state index in [1.807, 2.05) is 18.2 Å². The van der Waals surface area contributed by atoms with E-state index in [1.54, 1.807) is 7.11 Å². The van der Waals surface area contributed by atoms with Crippen LogP contribution in [0.3, 0.4) is 0 Å². The van der Waals surface area contributed by atoms with Gasteiger partial charge in [-0.05, 0) is 50.3 Å². The summed E-state index contributed by atoms with van der Waals surface area (Å²) in [6, 6.07) is 6.71. The van der Waals surface area contributed by atoms with E-state index in [2.05, 4.69) is 4.90 Å². The zero-order valence-corrected chi connectivity index (χ0v) is 13.5. The largest absolute Gasteiger partial charge is 0.496 e. The number of nitrogens with two attached hydrogens (primary N) is 1. The van der Waals surface area contributed by atoms with Gasteiger partial charge in [0.05, 0.1) is 13.2 Å². The van der Waals surface area contributed by atoms with Crippen LogP contribution in [0, 0.1) is 5.92 Å². The monoisotopic (exact) mass is 308 g/mol. The number of halogens is 1. The molecular weight excluding hydrogens is 284 g/mol. The van der Waals surface area contributed by atoms with E-state index in [0.29, 0.717) is 12.6 Å². The van der Waals surface area contributed by atoms with E-state index in [9.17, 15) is 0 Å². The average Bonchev–Trinajstić information content (AvgIpc) is 2.98. The summed E-state index contributed by atoms with van der Waals surface area (Å²) in [5.41, 5.74) is 7.22. The van der Waals surface area contributed by atoms with Crippen molar-refractivity contribution in [2.45, 2.75) is 44.2 Å². The van der Waals surface area contributed by atoms with Gasteiger partial charge in [-0.15, -0.1) is 0 Å². The van der Waals surface area contributed by atoms with Crippen LogP contribution in [0.1, 0.15) is 43.7 Å². The second kappa shape index (κ2) is 6.55. The number of fused-ring (bicyclic) bond motifs is 1. The van der Waals surface area contributed by atoms with E-state index in [4.69, 9.17) is 22.1 Å². The molecule has 1 saturated carbocycles. The molecule has 1 aliphatic heterocycles. The number of hydrogen-bond donors (Lipinski definition) is 1. The highest BCUT2D eigenvalue weighted by Gasteiger charge is 2.39. The van der Waals surface area contributed by atoms with E-state index < -0.39 is 0 Å². The highest BCUT2D eigenvalue weighted by molar-refractivity contribution is 6.31. The smallest absolute Gasteiger partial charge is 0.125 e. The standard InChI is InChI=1S/C17H25ClN2O/c1-21-16-9-3-7-13(18)17(16)15(11-19)20-10-4-6-12-5-2-8-14(12)20/h3,7,9,12,14-15H,2,4-6,8,10-11,19H2,1H3. The van der Waals surface area contributed by atoms with E-state index in [-0.39, 0.29) is 6.04 Å². The van der Waals surface area contributed by atoms with Crippen molar-refractivity contribution in [3.63, 3.8) is 0 Å². The van der Waals surface area contributed by atoms with Gasteiger partial charge in [0, 0.05) is 23.2 Å². The molecule has 0 amide bonds. The van der Waals surface area contributed by atoms with Crippen LogP contribution in [0.2, 0.25) is 5.02 Å². The molecule has 1 aliphatic carbocycles. The SMILES string of the molecule is COc1cccc(Cl)c1C(CN)N1CCCC2CCCC21. The Balaban J connectivity index is 1.94. The minimum Gasteiger partial charge on any atom is -0.496 e. The van der Waals surface area contributed by atoms with E-state index in [1.165, 1.54) is 32.1 Å². The first-order chi connectivity index (χ1) is 10.3. The minimum atomic E-state index is 0.166. The van der Waals surface area contributed by atoms with Crippen molar-refractivity contribution in [2.24, 2.45) is 11.7 Å². The summed E-state index contributed by atoms with van der Waals surface area (Å²) in [7, 11) is 1.71. The van der Waals surface area contributed by atoms with Crippen molar-refractivity contribution < 1.29 is 4.74 Å². The first-order valence-electron chi connectivity index (χ1n) is 8.04. The number of hydrogen-bond acceptors (Lipinski definition) is 3. The van der Waals surface area contributed by atoms with Crippen LogP contribution in [0.4, 0.5) is 0 Å². The summed E-state index contributed by atoms with van der Waals surface area (Å²) in [5.74, 6) is 1.71. The minimum absolute atomic E-state index is 0.166. The third-order valence-corrected chi connectivity index (χ3v) is 5.56. The Kier molecular flexibility index (Phi) is 4.72. The Morgan fingerprint density at radius 1 is 1.33 bits per heavy atom. The molecule has 1 aromatic rings. The second-order valence-electron chi connectivity index (χ2n) is 6.25. The maximum atomic E-state index is 6.48. The highest BCUT2D eigenvalue weighted by Crippen LogP contribution is 2.43. The van der Waals surface area contributed by atoms with Crippen molar-refractivity contribution in [3.05, 3.63) is 28.8 Å². The van der Waals surface area contributed by atoms with Crippen LogP contribution in [0.5, 0.6) is 5.75 Å². The van der Waals surface area contributed by atoms with Crippen LogP contribution in [-0.2, 0) is 0 Å². The normalized spacial score (nSPS) is 27.4. The van der Waals surface area contributed by atoms with Crippen molar-refractivity contribution >= 4 is 11.6 Å². The number of methoxy groups -OCH3 is 1. The molecule has 0 spiro atoms. The van der Waals surface area contributed by atoms with Gasteiger partial charge in [0.25, 0.3) is 0 Å². The molecule has 3 nitrogen and oxygen atoms in total. The fraction of sp³-hybridized carbons (Fsp3) is 0.647. The lowest BCUT2D eigenvalue weighted by Crippen LogP contribution is -2.46. The predicted molar refractivity (Wildman–Crippen MR) is 86.9 cm³/mol. The molecule has 4 heteroatoms. The van der Waals surface area contributed by atoms with Crippen molar-refractivity contribution in [1.29, 1.82) is 0 Å². The van der Waals surface area contributed by atoms with Gasteiger partial charge in [-0.2, -0.15) is 0 Å². The zero-order chi connectivity index (χ0) is 14.8. The Morgan fingerprint density at radius 3 is 2.90 bits per heavy atom. The van der Waals surface area contributed by atoms with Crippen LogP contribution in [0.15, 0.2) is 18.2 Å². The number of piperidine rings is 1. The molecule has 3 rings (SSSR count). The topological polar surface area (TPSA) is 38.5 Å². The van der Waals surface area contributed by atoms with Gasteiger partial charge in [-0.3, -0.25) is 4.90 Å². The van der Waals surface area contributed by atoms with Crippen molar-refractivity contribution in [2.75, 3.05) is 20.2 Å². The molecular formula is C17H25ClN2O. The molecule has 1 saturated heterocycles. The molecule has 2 N–H and O–H groups in total. The molecule has 1 aromatic carbocycles. The molecule has 2 fully saturated rings. The summed E-state index contributed by atoms with van der Waals surface area (Å²) >= 11 is 6.48. The van der Waals surface area contributed by atoms with Gasteiger partial charge in [-0.1, -0.05) is 24.1 Å². The van der Waals surface area contributed by atoms with Gasteiger partial charge in [0.1, 0.15) is 5.75 Å². The zero-order valence-electron chi connectivity index (χ0n) is 12.7. The molecule has 0 bridgehead atoms. The summed E-state index contributed by atoms with van der Waals surface area (Å²) < 4.78 is 5.54. The van der Waals surface area contributed by atoms with Gasteiger partial charge in [-0.25, -0.2) is 0 Å². The Labute approximate surface area is 132 Å². The number of ether oxygens (including phenoxy) is 1. The van der Waals surface area contributed by atoms with E-state index in [0.717, 1.165) is 28.8 Å². The molecule has 21 heavy (non-hydrogen) atoms. The van der Waals surface area contributed by atoms with E-state index >= 15 is 0 Å². The Morgan fingerprint density at radius 2 is 2.14 bits per heavy atom. The van der Waals surface area contributed by atoms with Gasteiger partial charge in [0.2, 0.25) is 0 Å². The lowest BCUT2D eigenvalue weighted by atomic mass is 9.89. The first-order valence-corrected chi connectivity index (χ1v) is 8.42. The fourth-order valence-corrected chi connectivity index (χ4v) is 4.61. The van der Waals surface area contributed by atoms with Gasteiger partial charge in [0.15, 0.2) is 0 Å². The van der Waals surface area contributed by atoms with Gasteiger partial charge >= 0.3 is 0 Å². The Hall–Kier alpha value is -0.770. The molecule has 0 aromatic heterocycles. The summed E-state index contributed by atoms with van der Waals surface area (Å²) in [4.78, 5) is 2.60. The Bertz CT molecular complexity index is 494. The van der Waals surface area contributed by atoms with Crippen molar-refractivity contribution in [3.8, 4) is 5.75 Å². The average molecular weight is 309 g/mol. The lowest BCUT2D eigenvalue weighted by molar-refractivity contribution is 0.0691. The van der Waals surface area contributed by atoms with Crippen molar-refractivity contribution in [1.82, 2.24) is 4.90 Å². The highest BCUT2D eigenvalue weighted by atomic mass is 35.5. The molecule has 2 aliphatic rings. The number of nitrogens with zero attached hydrogens (tertiary/aromatic N) is 1. The number of rotatable bonds is 4. The second-order valence-corrected chi connectivity index (χ2v) is 6.65. The van der Waals surface area contributed by atoms with Crippen LogP contribution < -0.4 is 10.5 Å². The van der Waals surface area contributed by atoms with Gasteiger partial charge < -0.3 is 10.5 Å². The maximum absolute atomic E-state index is 6.48. The lowest BCUT2D eigenvalue weighted by Gasteiger charge is -2.43. The predicted octanol–water partition coefficient (Wildman–Crippen LogP) is 3.61. The molecule has 3 atom stereocenters. The first kappa shape index (κ1) is 15.1. The third kappa shape index (κ3) is 2.79. The summed E-state index contributed by atoms with van der Waals surface area (Å²) in [5, 5.41) is 0.768. The maximum Gasteiger partial charge on any atom is 0.125 e. The number of benzene rings is 1. The fourth-order valence-electron chi connectivity index (χ4n) is 4.32.